The molecule has 0 radical (unpaired) electrons. The van der Waals surface area contributed by atoms with Crippen molar-refractivity contribution in [2.45, 2.75) is 25.4 Å². The summed E-state index contributed by atoms with van der Waals surface area (Å²) in [4.78, 5) is 52.1. The lowest BCUT2D eigenvalue weighted by atomic mass is 9.99. The number of rotatable bonds is 6. The maximum absolute atomic E-state index is 13.9. The number of benzene rings is 3. The van der Waals surface area contributed by atoms with Crippen molar-refractivity contribution in [2.24, 2.45) is 0 Å². The number of carboxylic acids is 1. The zero-order valence-electron chi connectivity index (χ0n) is 19.7. The third kappa shape index (κ3) is 5.05. The number of carbonyl (C=O) groups excluding carboxylic acids is 3. The van der Waals surface area contributed by atoms with Crippen LogP contribution in [0.4, 0.5) is 11.4 Å². The number of nitrogens with one attached hydrogen (secondary N) is 2. The van der Waals surface area contributed by atoms with Crippen LogP contribution in [0.25, 0.3) is 0 Å². The van der Waals surface area contributed by atoms with Gasteiger partial charge >= 0.3 is 5.97 Å². The largest absolute Gasteiger partial charge is 0.497 e. The Morgan fingerprint density at radius 1 is 1.03 bits per heavy atom. The molecule has 2 unspecified atom stereocenters. The predicted molar refractivity (Wildman–Crippen MR) is 133 cm³/mol. The van der Waals surface area contributed by atoms with E-state index in [4.69, 9.17) is 9.84 Å². The standard InChI is InChI=1S/C27H25N3O6/c1-16(27(34)35)28-25(32)18-11-12-22-21(14-18)29-24(31)15-23(17-7-4-3-5-8-17)30(22)26(33)19-9-6-10-20(13-19)36-2/h3-14,16,23H,15H2,1-2H3,(H,28,32)(H,29,31)(H,34,35). The Bertz CT molecular complexity index is 1320. The molecule has 0 aliphatic carbocycles. The molecule has 1 aliphatic heterocycles. The van der Waals surface area contributed by atoms with Crippen LogP contribution < -0.4 is 20.3 Å². The summed E-state index contributed by atoms with van der Waals surface area (Å²) in [5.74, 6) is -1.95. The third-order valence-corrected chi connectivity index (χ3v) is 5.92. The summed E-state index contributed by atoms with van der Waals surface area (Å²) in [5.41, 5.74) is 1.96. The number of anilines is 2. The number of aliphatic carboxylic acids is 1. The maximum Gasteiger partial charge on any atom is 0.325 e. The van der Waals surface area contributed by atoms with Crippen molar-refractivity contribution in [3.63, 3.8) is 0 Å². The van der Waals surface area contributed by atoms with E-state index in [0.717, 1.165) is 5.56 Å². The van der Waals surface area contributed by atoms with Gasteiger partial charge in [0.15, 0.2) is 0 Å². The first-order valence-electron chi connectivity index (χ1n) is 11.3. The minimum absolute atomic E-state index is 0.00796. The fourth-order valence-corrected chi connectivity index (χ4v) is 4.05. The number of nitrogens with zero attached hydrogens (tertiary/aromatic N) is 1. The summed E-state index contributed by atoms with van der Waals surface area (Å²) < 4.78 is 5.28. The lowest BCUT2D eigenvalue weighted by Crippen LogP contribution is -2.38. The summed E-state index contributed by atoms with van der Waals surface area (Å²) >= 11 is 0. The number of carboxylic acid groups (broad SMARTS) is 1. The number of hydrogen-bond donors (Lipinski definition) is 3. The van der Waals surface area contributed by atoms with Gasteiger partial charge in [-0.15, -0.1) is 0 Å². The number of methoxy groups -OCH3 is 1. The molecule has 1 heterocycles. The number of amides is 3. The first kappa shape index (κ1) is 24.5. The molecular formula is C27H25N3O6. The van der Waals surface area contributed by atoms with Gasteiger partial charge < -0.3 is 20.5 Å². The lowest BCUT2D eigenvalue weighted by molar-refractivity contribution is -0.138. The molecule has 0 aromatic heterocycles. The SMILES string of the molecule is COc1cccc(C(=O)N2c3ccc(C(=O)NC(C)C(=O)O)cc3NC(=O)CC2c2ccccc2)c1. The zero-order chi connectivity index (χ0) is 25.8. The van der Waals surface area contributed by atoms with Crippen LogP contribution in [0.1, 0.15) is 45.7 Å². The van der Waals surface area contributed by atoms with Crippen LogP contribution >= 0.6 is 0 Å². The van der Waals surface area contributed by atoms with Gasteiger partial charge in [0, 0.05) is 11.1 Å². The molecule has 4 rings (SSSR count). The second-order valence-electron chi connectivity index (χ2n) is 8.35. The Morgan fingerprint density at radius 2 is 1.78 bits per heavy atom. The number of hydrogen-bond acceptors (Lipinski definition) is 5. The molecule has 0 fully saturated rings. The van der Waals surface area contributed by atoms with E-state index >= 15 is 0 Å². The Labute approximate surface area is 207 Å². The van der Waals surface area contributed by atoms with E-state index < -0.39 is 24.0 Å². The van der Waals surface area contributed by atoms with Crippen molar-refractivity contribution in [1.29, 1.82) is 0 Å². The normalized spacial score (nSPS) is 15.7. The van der Waals surface area contributed by atoms with Gasteiger partial charge in [0.2, 0.25) is 5.91 Å². The van der Waals surface area contributed by atoms with Crippen molar-refractivity contribution in [1.82, 2.24) is 5.32 Å². The predicted octanol–water partition coefficient (Wildman–Crippen LogP) is 3.63. The molecule has 1 aliphatic rings. The first-order valence-corrected chi connectivity index (χ1v) is 11.3. The number of carbonyl (C=O) groups is 4. The van der Waals surface area contributed by atoms with Gasteiger partial charge in [-0.2, -0.15) is 0 Å². The van der Waals surface area contributed by atoms with Gasteiger partial charge in [-0.3, -0.25) is 24.1 Å². The molecule has 0 bridgehead atoms. The quantitative estimate of drug-likeness (QED) is 0.488. The van der Waals surface area contributed by atoms with E-state index in [1.54, 1.807) is 35.2 Å². The summed E-state index contributed by atoms with van der Waals surface area (Å²) in [6, 6.07) is 18.8. The average molecular weight is 488 g/mol. The summed E-state index contributed by atoms with van der Waals surface area (Å²) in [6.07, 6.45) is -0.00796. The van der Waals surface area contributed by atoms with Gasteiger partial charge in [0.05, 0.1) is 30.9 Å². The minimum Gasteiger partial charge on any atom is -0.497 e. The minimum atomic E-state index is -1.17. The Morgan fingerprint density at radius 3 is 2.47 bits per heavy atom. The molecule has 3 amide bonds. The Balaban J connectivity index is 1.82. The highest BCUT2D eigenvalue weighted by atomic mass is 16.5. The zero-order valence-corrected chi connectivity index (χ0v) is 19.7. The maximum atomic E-state index is 13.9. The third-order valence-electron chi connectivity index (χ3n) is 5.92. The van der Waals surface area contributed by atoms with Crippen LogP contribution in [0.5, 0.6) is 5.75 Å². The van der Waals surface area contributed by atoms with E-state index in [9.17, 15) is 19.2 Å². The van der Waals surface area contributed by atoms with E-state index in [0.29, 0.717) is 17.0 Å². The van der Waals surface area contributed by atoms with Crippen LogP contribution in [-0.2, 0) is 9.59 Å². The smallest absolute Gasteiger partial charge is 0.325 e. The summed E-state index contributed by atoms with van der Waals surface area (Å²) in [7, 11) is 1.51. The van der Waals surface area contributed by atoms with E-state index in [1.807, 2.05) is 30.3 Å². The van der Waals surface area contributed by atoms with Gasteiger partial charge in [0.1, 0.15) is 11.8 Å². The number of fused-ring (bicyclic) bond motifs is 1. The van der Waals surface area contributed by atoms with Crippen LogP contribution in [0, 0.1) is 0 Å². The van der Waals surface area contributed by atoms with Crippen molar-refractivity contribution in [3.05, 3.63) is 89.5 Å². The highest BCUT2D eigenvalue weighted by molar-refractivity contribution is 6.12. The van der Waals surface area contributed by atoms with Gasteiger partial charge in [-0.25, -0.2) is 0 Å². The topological polar surface area (TPSA) is 125 Å². The van der Waals surface area contributed by atoms with Crippen molar-refractivity contribution >= 4 is 35.1 Å². The summed E-state index contributed by atoms with van der Waals surface area (Å²) in [6.45, 7) is 1.35. The number of ether oxygens (including phenoxy) is 1. The molecule has 0 saturated heterocycles. The molecule has 2 atom stereocenters. The second kappa shape index (κ2) is 10.3. The molecule has 184 valence electrons. The van der Waals surface area contributed by atoms with Crippen molar-refractivity contribution in [2.75, 3.05) is 17.3 Å². The van der Waals surface area contributed by atoms with Crippen LogP contribution in [0.2, 0.25) is 0 Å². The molecular weight excluding hydrogens is 462 g/mol. The van der Waals surface area contributed by atoms with E-state index in [1.165, 1.54) is 26.2 Å². The lowest BCUT2D eigenvalue weighted by Gasteiger charge is -2.31. The first-order chi connectivity index (χ1) is 17.3. The van der Waals surface area contributed by atoms with Gasteiger partial charge in [-0.1, -0.05) is 36.4 Å². The monoisotopic (exact) mass is 487 g/mol. The molecule has 0 saturated carbocycles. The van der Waals surface area contributed by atoms with Crippen LogP contribution in [0.3, 0.4) is 0 Å². The Kier molecular flexibility index (Phi) is 7.00. The van der Waals surface area contributed by atoms with E-state index in [2.05, 4.69) is 10.6 Å². The molecule has 0 spiro atoms. The molecule has 3 aromatic rings. The summed E-state index contributed by atoms with van der Waals surface area (Å²) in [5, 5.41) is 14.3. The van der Waals surface area contributed by atoms with Crippen molar-refractivity contribution in [3.8, 4) is 5.75 Å². The molecule has 3 N–H and O–H groups in total. The molecule has 3 aromatic carbocycles. The fourth-order valence-electron chi connectivity index (χ4n) is 4.05. The highest BCUT2D eigenvalue weighted by Crippen LogP contribution is 2.39. The van der Waals surface area contributed by atoms with E-state index in [-0.39, 0.29) is 29.5 Å². The van der Waals surface area contributed by atoms with Gasteiger partial charge in [0.25, 0.3) is 11.8 Å². The van der Waals surface area contributed by atoms with Crippen LogP contribution in [0.15, 0.2) is 72.8 Å². The Hall–Kier alpha value is -4.66. The van der Waals surface area contributed by atoms with Crippen molar-refractivity contribution < 1.29 is 29.0 Å². The molecule has 9 heteroatoms. The second-order valence-corrected chi connectivity index (χ2v) is 8.35. The highest BCUT2D eigenvalue weighted by Gasteiger charge is 2.34. The molecule has 9 nitrogen and oxygen atoms in total. The van der Waals surface area contributed by atoms with Gasteiger partial charge in [-0.05, 0) is 48.9 Å². The molecule has 36 heavy (non-hydrogen) atoms. The average Bonchev–Trinajstić information content (AvgIpc) is 3.03. The fraction of sp³-hybridized carbons (Fsp3) is 0.185. The van der Waals surface area contributed by atoms with Crippen LogP contribution in [-0.4, -0.2) is 41.9 Å².